The van der Waals surface area contributed by atoms with Gasteiger partial charge in [-0.2, -0.15) is 0 Å². The van der Waals surface area contributed by atoms with E-state index >= 15 is 0 Å². The molecule has 1 aliphatic heterocycles. The Morgan fingerprint density at radius 3 is 2.64 bits per heavy atom. The molecule has 0 fully saturated rings. The zero-order valence-electron chi connectivity index (χ0n) is 15.4. The quantitative estimate of drug-likeness (QED) is 0.607. The largest absolute Gasteiger partial charge is 0.457 e. The van der Waals surface area contributed by atoms with Gasteiger partial charge in [-0.1, -0.05) is 18.2 Å². The fourth-order valence-electron chi connectivity index (χ4n) is 3.36. The number of hydrogen-bond donors (Lipinski definition) is 2. The van der Waals surface area contributed by atoms with E-state index in [-0.39, 0.29) is 0 Å². The van der Waals surface area contributed by atoms with Gasteiger partial charge in [0.15, 0.2) is 0 Å². The molecule has 0 bridgehead atoms. The Morgan fingerprint density at radius 2 is 1.89 bits per heavy atom. The summed E-state index contributed by atoms with van der Waals surface area (Å²) in [6.07, 6.45) is 1.92. The summed E-state index contributed by atoms with van der Waals surface area (Å²) in [7, 11) is 0. The van der Waals surface area contributed by atoms with Gasteiger partial charge in [0.05, 0.1) is 0 Å². The number of benzene rings is 2. The highest BCUT2D eigenvalue weighted by molar-refractivity contribution is 7.09. The van der Waals surface area contributed by atoms with Gasteiger partial charge in [0.2, 0.25) is 0 Å². The summed E-state index contributed by atoms with van der Waals surface area (Å²) in [6, 6.07) is 15.9. The van der Waals surface area contributed by atoms with E-state index in [1.807, 2.05) is 18.2 Å². The van der Waals surface area contributed by atoms with Crippen molar-refractivity contribution in [1.29, 1.82) is 0 Å². The summed E-state index contributed by atoms with van der Waals surface area (Å²) in [5.74, 6) is 2.11. The topological polar surface area (TPSA) is 73.6 Å². The fraction of sp³-hybridized carbons (Fsp3) is 0.227. The summed E-state index contributed by atoms with van der Waals surface area (Å²) in [5.41, 5.74) is 8.54. The maximum absolute atomic E-state index is 11.0. The van der Waals surface area contributed by atoms with Crippen molar-refractivity contribution in [1.82, 2.24) is 5.32 Å². The highest BCUT2D eigenvalue weighted by Crippen LogP contribution is 2.35. The molecule has 4 rings (SSSR count). The number of fused-ring (bicyclic) bond motifs is 2. The van der Waals surface area contributed by atoms with E-state index in [9.17, 15) is 4.79 Å². The number of nitrogens with two attached hydrogens (primary N) is 1. The summed E-state index contributed by atoms with van der Waals surface area (Å²) in [6.45, 7) is 1.80. The number of primary amides is 1. The van der Waals surface area contributed by atoms with Crippen molar-refractivity contribution >= 4 is 17.4 Å². The number of rotatable bonds is 6. The van der Waals surface area contributed by atoms with E-state index in [0.29, 0.717) is 5.75 Å². The van der Waals surface area contributed by atoms with Crippen LogP contribution in [-0.2, 0) is 25.8 Å². The van der Waals surface area contributed by atoms with Crippen LogP contribution < -0.4 is 20.5 Å². The molecule has 5 nitrogen and oxygen atoms in total. The van der Waals surface area contributed by atoms with Crippen LogP contribution >= 0.6 is 11.3 Å². The second-order valence-corrected chi connectivity index (χ2v) is 7.77. The molecule has 0 spiro atoms. The molecule has 0 saturated carbocycles. The van der Waals surface area contributed by atoms with E-state index < -0.39 is 6.09 Å². The van der Waals surface area contributed by atoms with Crippen LogP contribution in [0.15, 0.2) is 53.9 Å². The normalized spacial score (nSPS) is 12.4. The van der Waals surface area contributed by atoms with Crippen LogP contribution in [0.2, 0.25) is 0 Å². The Kier molecular flexibility index (Phi) is 5.60. The van der Waals surface area contributed by atoms with E-state index in [4.69, 9.17) is 15.2 Å². The molecule has 0 radical (unpaired) electrons. The van der Waals surface area contributed by atoms with Gasteiger partial charge in [-0.25, -0.2) is 4.79 Å². The van der Waals surface area contributed by atoms with Crippen molar-refractivity contribution < 1.29 is 14.3 Å². The molecule has 1 aromatic heterocycles. The van der Waals surface area contributed by atoms with Crippen LogP contribution in [0, 0.1) is 0 Å². The monoisotopic (exact) mass is 394 g/mol. The van der Waals surface area contributed by atoms with Gasteiger partial charge in [0.25, 0.3) is 0 Å². The standard InChI is InChI=1S/C22H22N2O3S/c23-22(25)26-18-6-8-21-17(13-18)5-4-16-12-15(3-7-20(16)27-21)14-24-10-9-19-2-1-11-28-19/h1-3,6-8,11-13,24H,4-5,9-10,14H2,(H2,23,25). The summed E-state index contributed by atoms with van der Waals surface area (Å²) < 4.78 is 11.1. The molecule has 3 aromatic rings. The first-order chi connectivity index (χ1) is 13.7. The van der Waals surface area contributed by atoms with Crippen molar-refractivity contribution in [2.45, 2.75) is 25.8 Å². The number of ether oxygens (including phenoxy) is 2. The Balaban J connectivity index is 1.39. The predicted molar refractivity (Wildman–Crippen MR) is 110 cm³/mol. The minimum Gasteiger partial charge on any atom is -0.457 e. The molecule has 2 aromatic carbocycles. The SMILES string of the molecule is NC(=O)Oc1ccc2c(c1)CCc1cc(CNCCc3cccs3)ccc1O2. The first kappa shape index (κ1) is 18.5. The second kappa shape index (κ2) is 8.46. The van der Waals surface area contributed by atoms with Crippen molar-refractivity contribution in [2.75, 3.05) is 6.54 Å². The lowest BCUT2D eigenvalue weighted by atomic mass is 10.0. The average molecular weight is 394 g/mol. The molecule has 2 heterocycles. The number of aryl methyl sites for hydroxylation is 2. The van der Waals surface area contributed by atoms with Crippen molar-refractivity contribution in [3.05, 3.63) is 75.5 Å². The zero-order valence-corrected chi connectivity index (χ0v) is 16.3. The minimum absolute atomic E-state index is 0.441. The lowest BCUT2D eigenvalue weighted by molar-refractivity contribution is 0.211. The van der Waals surface area contributed by atoms with Crippen molar-refractivity contribution in [2.24, 2.45) is 5.73 Å². The highest BCUT2D eigenvalue weighted by Gasteiger charge is 2.16. The number of nitrogens with one attached hydrogen (secondary N) is 1. The van der Waals surface area contributed by atoms with Crippen molar-refractivity contribution in [3.8, 4) is 17.2 Å². The second-order valence-electron chi connectivity index (χ2n) is 6.74. The summed E-state index contributed by atoms with van der Waals surface area (Å²) in [4.78, 5) is 12.4. The van der Waals surface area contributed by atoms with Crippen LogP contribution in [0.5, 0.6) is 17.2 Å². The van der Waals surface area contributed by atoms with Gasteiger partial charge in [-0.05, 0) is 71.7 Å². The first-order valence-electron chi connectivity index (χ1n) is 9.30. The Hall–Kier alpha value is -2.83. The van der Waals surface area contributed by atoms with Crippen LogP contribution in [0.1, 0.15) is 21.6 Å². The predicted octanol–water partition coefficient (Wildman–Crippen LogP) is 4.43. The first-order valence-corrected chi connectivity index (χ1v) is 10.2. The smallest absolute Gasteiger partial charge is 0.409 e. The Labute approximate surface area is 168 Å². The molecular formula is C22H22N2O3S. The van der Waals surface area contributed by atoms with Gasteiger partial charge in [0, 0.05) is 18.0 Å². The van der Waals surface area contributed by atoms with Crippen LogP contribution in [-0.4, -0.2) is 12.6 Å². The summed E-state index contributed by atoms with van der Waals surface area (Å²) >= 11 is 1.80. The molecule has 1 aliphatic rings. The van der Waals surface area contributed by atoms with Gasteiger partial charge in [0.1, 0.15) is 17.2 Å². The van der Waals surface area contributed by atoms with Crippen LogP contribution in [0.3, 0.4) is 0 Å². The third-order valence-electron chi connectivity index (χ3n) is 4.72. The minimum atomic E-state index is -0.811. The van der Waals surface area contributed by atoms with Crippen molar-refractivity contribution in [3.63, 3.8) is 0 Å². The van der Waals surface area contributed by atoms with E-state index in [0.717, 1.165) is 49.4 Å². The summed E-state index contributed by atoms with van der Waals surface area (Å²) in [5, 5.41) is 5.62. The number of amides is 1. The van der Waals surface area contributed by atoms with Gasteiger partial charge in [-0.3, -0.25) is 0 Å². The number of thiophene rings is 1. The van der Waals surface area contributed by atoms with Crippen LogP contribution in [0.25, 0.3) is 0 Å². The van der Waals surface area contributed by atoms with E-state index in [2.05, 4.69) is 35.0 Å². The molecule has 6 heteroatoms. The van der Waals surface area contributed by atoms with E-state index in [1.165, 1.54) is 16.0 Å². The molecule has 144 valence electrons. The highest BCUT2D eigenvalue weighted by atomic mass is 32.1. The van der Waals surface area contributed by atoms with Gasteiger partial charge < -0.3 is 20.5 Å². The number of carbonyl (C=O) groups is 1. The van der Waals surface area contributed by atoms with E-state index in [1.54, 1.807) is 17.4 Å². The molecule has 0 saturated heterocycles. The molecule has 28 heavy (non-hydrogen) atoms. The maximum atomic E-state index is 11.0. The van der Waals surface area contributed by atoms with Gasteiger partial charge >= 0.3 is 6.09 Å². The molecule has 0 unspecified atom stereocenters. The molecule has 3 N–H and O–H groups in total. The third kappa shape index (κ3) is 4.52. The number of carbonyl (C=O) groups excluding carboxylic acids is 1. The Bertz CT molecular complexity index is 970. The third-order valence-corrected chi connectivity index (χ3v) is 5.65. The van der Waals surface area contributed by atoms with Gasteiger partial charge in [-0.15, -0.1) is 11.3 Å². The zero-order chi connectivity index (χ0) is 19.3. The average Bonchev–Trinajstić information content (AvgIpc) is 3.13. The number of hydrogen-bond acceptors (Lipinski definition) is 5. The molecule has 0 atom stereocenters. The Morgan fingerprint density at radius 1 is 1.11 bits per heavy atom. The fourth-order valence-corrected chi connectivity index (χ4v) is 4.06. The molecule has 1 amide bonds. The lowest BCUT2D eigenvalue weighted by Gasteiger charge is -2.11. The molecule has 0 aliphatic carbocycles. The molecular weight excluding hydrogens is 372 g/mol. The van der Waals surface area contributed by atoms with Crippen LogP contribution in [0.4, 0.5) is 4.79 Å². The maximum Gasteiger partial charge on any atom is 0.409 e. The lowest BCUT2D eigenvalue weighted by Crippen LogP contribution is -2.16.